The van der Waals surface area contributed by atoms with Gasteiger partial charge < -0.3 is 21.6 Å². The number of hydrogen-bond donors (Lipinski definition) is 3. The Morgan fingerprint density at radius 3 is 2.26 bits per heavy atom. The van der Waals surface area contributed by atoms with Crippen LogP contribution < -0.4 is 11.5 Å². The smallest absolute Gasteiger partial charge is 0.237 e. The van der Waals surface area contributed by atoms with Crippen LogP contribution in [-0.2, 0) is 9.59 Å². The molecule has 0 rings (SSSR count). The van der Waals surface area contributed by atoms with Crippen LogP contribution in [0.25, 0.3) is 0 Å². The van der Waals surface area contributed by atoms with Gasteiger partial charge in [0, 0.05) is 6.54 Å². The van der Waals surface area contributed by atoms with Gasteiger partial charge in [-0.2, -0.15) is 0 Å². The molecule has 0 aromatic carbocycles. The van der Waals surface area contributed by atoms with Crippen molar-refractivity contribution in [3.8, 4) is 0 Å². The van der Waals surface area contributed by atoms with E-state index in [9.17, 15) is 9.59 Å². The molecule has 1 atom stereocenters. The molecule has 0 spiro atoms. The number of rotatable bonds is 8. The van der Waals surface area contributed by atoms with Crippen molar-refractivity contribution in [1.82, 2.24) is 4.90 Å². The number of hydrogen-bond acceptors (Lipinski definition) is 4. The monoisotopic (exact) mass is 272 g/mol. The van der Waals surface area contributed by atoms with Crippen molar-refractivity contribution in [2.24, 2.45) is 28.5 Å². The summed E-state index contributed by atoms with van der Waals surface area (Å²) >= 11 is 0. The topological polar surface area (TPSA) is 122 Å². The van der Waals surface area contributed by atoms with Gasteiger partial charge in [-0.05, 0) is 12.3 Å². The Kier molecular flexibility index (Phi) is 7.55. The van der Waals surface area contributed by atoms with Gasteiger partial charge in [0.15, 0.2) is 5.84 Å². The Bertz CT molecular complexity index is 342. The molecule has 0 aromatic rings. The van der Waals surface area contributed by atoms with Crippen LogP contribution in [0.1, 0.15) is 33.6 Å². The Labute approximate surface area is 113 Å². The molecule has 0 fully saturated rings. The zero-order valence-electron chi connectivity index (χ0n) is 11.8. The molecule has 7 heteroatoms. The van der Waals surface area contributed by atoms with E-state index >= 15 is 0 Å². The van der Waals surface area contributed by atoms with Gasteiger partial charge in [-0.1, -0.05) is 32.3 Å². The highest BCUT2D eigenvalue weighted by atomic mass is 16.4. The first-order valence-corrected chi connectivity index (χ1v) is 6.37. The lowest BCUT2D eigenvalue weighted by molar-refractivity contribution is -0.137. The SMILES string of the molecule is CCCC(C(=O)N(CC(N)=O)CC(C)C)C(N)=NO. The van der Waals surface area contributed by atoms with Crippen LogP contribution in [0.15, 0.2) is 5.16 Å². The standard InChI is InChI=1S/C12H24N4O3/c1-4-5-9(11(14)15-19)12(18)16(6-8(2)3)7-10(13)17/h8-9,19H,4-7H2,1-3H3,(H2,13,17)(H2,14,15). The largest absolute Gasteiger partial charge is 0.409 e. The first-order chi connectivity index (χ1) is 8.83. The van der Waals surface area contributed by atoms with Crippen LogP contribution in [0.3, 0.4) is 0 Å². The van der Waals surface area contributed by atoms with E-state index in [-0.39, 0.29) is 24.2 Å². The van der Waals surface area contributed by atoms with Crippen molar-refractivity contribution in [1.29, 1.82) is 0 Å². The summed E-state index contributed by atoms with van der Waals surface area (Å²) in [6.45, 7) is 6.00. The summed E-state index contributed by atoms with van der Waals surface area (Å²) in [6, 6.07) is 0. The summed E-state index contributed by atoms with van der Waals surface area (Å²) in [7, 11) is 0. The van der Waals surface area contributed by atoms with Gasteiger partial charge in [0.1, 0.15) is 0 Å². The third kappa shape index (κ3) is 6.08. The van der Waals surface area contributed by atoms with E-state index in [1.807, 2.05) is 20.8 Å². The van der Waals surface area contributed by atoms with Crippen molar-refractivity contribution in [2.45, 2.75) is 33.6 Å². The van der Waals surface area contributed by atoms with Crippen LogP contribution in [0.4, 0.5) is 0 Å². The van der Waals surface area contributed by atoms with Gasteiger partial charge in [-0.15, -0.1) is 0 Å². The van der Waals surface area contributed by atoms with Crippen molar-refractivity contribution in [3.05, 3.63) is 0 Å². The highest BCUT2D eigenvalue weighted by molar-refractivity contribution is 6.02. The lowest BCUT2D eigenvalue weighted by atomic mass is 10.00. The molecule has 0 aliphatic rings. The molecule has 0 aliphatic carbocycles. The Hall–Kier alpha value is -1.79. The van der Waals surface area contributed by atoms with E-state index in [2.05, 4.69) is 5.16 Å². The molecule has 0 radical (unpaired) electrons. The van der Waals surface area contributed by atoms with Gasteiger partial charge in [-0.3, -0.25) is 9.59 Å². The average molecular weight is 272 g/mol. The normalized spacial score (nSPS) is 13.4. The summed E-state index contributed by atoms with van der Waals surface area (Å²) in [5.74, 6) is -1.57. The zero-order chi connectivity index (χ0) is 15.0. The van der Waals surface area contributed by atoms with Gasteiger partial charge in [0.25, 0.3) is 0 Å². The third-order valence-electron chi connectivity index (χ3n) is 2.59. The van der Waals surface area contributed by atoms with Crippen molar-refractivity contribution >= 4 is 17.6 Å². The summed E-state index contributed by atoms with van der Waals surface area (Å²) in [5.41, 5.74) is 10.7. The summed E-state index contributed by atoms with van der Waals surface area (Å²) in [4.78, 5) is 24.8. The maximum atomic E-state index is 12.4. The van der Waals surface area contributed by atoms with E-state index in [0.29, 0.717) is 19.4 Å². The highest BCUT2D eigenvalue weighted by Crippen LogP contribution is 2.12. The molecule has 0 aliphatic heterocycles. The predicted octanol–water partition coefficient (Wildman–Crippen LogP) is 0.119. The van der Waals surface area contributed by atoms with Crippen LogP contribution >= 0.6 is 0 Å². The quantitative estimate of drug-likeness (QED) is 0.251. The molecule has 0 saturated heterocycles. The molecule has 5 N–H and O–H groups in total. The highest BCUT2D eigenvalue weighted by Gasteiger charge is 2.28. The van der Waals surface area contributed by atoms with Gasteiger partial charge >= 0.3 is 0 Å². The molecule has 19 heavy (non-hydrogen) atoms. The molecular formula is C12H24N4O3. The Morgan fingerprint density at radius 2 is 1.89 bits per heavy atom. The first kappa shape index (κ1) is 17.2. The third-order valence-corrected chi connectivity index (χ3v) is 2.59. The number of nitrogens with zero attached hydrogens (tertiary/aromatic N) is 2. The van der Waals surface area contributed by atoms with Crippen LogP contribution in [0.5, 0.6) is 0 Å². The molecule has 7 nitrogen and oxygen atoms in total. The second-order valence-corrected chi connectivity index (χ2v) is 4.95. The molecule has 0 bridgehead atoms. The second-order valence-electron chi connectivity index (χ2n) is 4.95. The van der Waals surface area contributed by atoms with E-state index in [1.165, 1.54) is 4.90 Å². The molecule has 1 unspecified atom stereocenters. The van der Waals surface area contributed by atoms with E-state index in [1.54, 1.807) is 0 Å². The van der Waals surface area contributed by atoms with Crippen molar-refractivity contribution in [2.75, 3.05) is 13.1 Å². The second kappa shape index (κ2) is 8.34. The molecule has 0 aromatic heterocycles. The molecule has 110 valence electrons. The number of amidine groups is 1. The average Bonchev–Trinajstić information content (AvgIpc) is 2.32. The van der Waals surface area contributed by atoms with Crippen LogP contribution in [0, 0.1) is 11.8 Å². The Morgan fingerprint density at radius 1 is 1.32 bits per heavy atom. The molecule has 0 saturated carbocycles. The van der Waals surface area contributed by atoms with Gasteiger partial charge in [-0.25, -0.2) is 0 Å². The minimum atomic E-state index is -0.715. The number of amides is 2. The van der Waals surface area contributed by atoms with Gasteiger partial charge in [0.05, 0.1) is 12.5 Å². The lowest BCUT2D eigenvalue weighted by Gasteiger charge is -2.27. The predicted molar refractivity (Wildman–Crippen MR) is 72.4 cm³/mol. The van der Waals surface area contributed by atoms with Crippen molar-refractivity contribution in [3.63, 3.8) is 0 Å². The molecular weight excluding hydrogens is 248 g/mol. The summed E-state index contributed by atoms with van der Waals surface area (Å²) in [6.07, 6.45) is 1.17. The lowest BCUT2D eigenvalue weighted by Crippen LogP contribution is -2.46. The molecule has 2 amide bonds. The van der Waals surface area contributed by atoms with Gasteiger partial charge in [0.2, 0.25) is 11.8 Å². The number of nitrogens with two attached hydrogens (primary N) is 2. The summed E-state index contributed by atoms with van der Waals surface area (Å²) in [5, 5.41) is 11.6. The van der Waals surface area contributed by atoms with E-state index in [0.717, 1.165) is 0 Å². The van der Waals surface area contributed by atoms with Crippen LogP contribution in [0.2, 0.25) is 0 Å². The Balaban J connectivity index is 5.05. The maximum Gasteiger partial charge on any atom is 0.237 e. The minimum Gasteiger partial charge on any atom is -0.409 e. The number of primary amides is 1. The number of oxime groups is 1. The summed E-state index contributed by atoms with van der Waals surface area (Å²) < 4.78 is 0. The zero-order valence-corrected chi connectivity index (χ0v) is 11.8. The fourth-order valence-electron chi connectivity index (χ4n) is 1.84. The number of carbonyl (C=O) groups is 2. The van der Waals surface area contributed by atoms with Crippen LogP contribution in [-0.4, -0.2) is 40.8 Å². The number of carbonyl (C=O) groups excluding carboxylic acids is 2. The van der Waals surface area contributed by atoms with E-state index < -0.39 is 11.8 Å². The fourth-order valence-corrected chi connectivity index (χ4v) is 1.84. The van der Waals surface area contributed by atoms with Crippen molar-refractivity contribution < 1.29 is 14.8 Å². The first-order valence-electron chi connectivity index (χ1n) is 6.37. The fraction of sp³-hybridized carbons (Fsp3) is 0.750. The maximum absolute atomic E-state index is 12.4. The molecule has 0 heterocycles. The minimum absolute atomic E-state index is 0.134. The van der Waals surface area contributed by atoms with E-state index in [4.69, 9.17) is 16.7 Å².